The second-order valence-electron chi connectivity index (χ2n) is 4.74. The highest BCUT2D eigenvalue weighted by Gasteiger charge is 2.03. The number of benzene rings is 2. The minimum absolute atomic E-state index is 0.805. The van der Waals surface area contributed by atoms with Crippen LogP contribution in [0, 0.1) is 6.92 Å². The average Bonchev–Trinajstić information content (AvgIpc) is 2.39. The molecule has 0 saturated heterocycles. The highest BCUT2D eigenvalue weighted by molar-refractivity contribution is 5.89. The maximum absolute atomic E-state index is 5.71. The molecule has 0 fully saturated rings. The molecule has 1 heteroatoms. The Bertz CT molecular complexity index is 506. The zero-order valence-corrected chi connectivity index (χ0v) is 11.2. The van der Waals surface area contributed by atoms with Gasteiger partial charge < -0.3 is 5.73 Å². The Morgan fingerprint density at radius 2 is 1.11 bits per heavy atom. The van der Waals surface area contributed by atoms with E-state index in [0.717, 1.165) is 5.69 Å². The molecule has 0 bridgehead atoms. The molecule has 0 saturated carbocycles. The molecule has 0 spiro atoms. The number of aryl methyl sites for hydroxylation is 1. The van der Waals surface area contributed by atoms with Gasteiger partial charge in [0.2, 0.25) is 0 Å². The second kappa shape index (κ2) is 5.09. The summed E-state index contributed by atoms with van der Waals surface area (Å²) in [7, 11) is 0. The van der Waals surface area contributed by atoms with Crippen LogP contribution >= 0.6 is 0 Å². The summed E-state index contributed by atoms with van der Waals surface area (Å²) in [6, 6.07) is 16.7. The van der Waals surface area contributed by atoms with Gasteiger partial charge in [0.1, 0.15) is 0 Å². The number of allylic oxidation sites excluding steroid dienone is 2. The molecule has 2 aromatic rings. The lowest BCUT2D eigenvalue weighted by atomic mass is 9.96. The Kier molecular flexibility index (Phi) is 3.52. The molecule has 2 aromatic carbocycles. The molecule has 18 heavy (non-hydrogen) atoms. The van der Waals surface area contributed by atoms with Gasteiger partial charge in [-0.25, -0.2) is 0 Å². The zero-order chi connectivity index (χ0) is 13.1. The van der Waals surface area contributed by atoms with Gasteiger partial charge in [0.05, 0.1) is 0 Å². The summed E-state index contributed by atoms with van der Waals surface area (Å²) in [4.78, 5) is 0. The van der Waals surface area contributed by atoms with E-state index in [0.29, 0.717) is 0 Å². The van der Waals surface area contributed by atoms with Crippen LogP contribution in [-0.2, 0) is 0 Å². The predicted molar refractivity (Wildman–Crippen MR) is 80.2 cm³/mol. The number of anilines is 1. The van der Waals surface area contributed by atoms with Crippen molar-refractivity contribution in [1.29, 1.82) is 0 Å². The first-order chi connectivity index (χ1) is 8.58. The fourth-order valence-electron chi connectivity index (χ4n) is 1.97. The Morgan fingerprint density at radius 3 is 1.56 bits per heavy atom. The SMILES string of the molecule is C/C(=C(/C)c1ccc(N)cc1)c1ccc(C)cc1. The van der Waals surface area contributed by atoms with E-state index in [9.17, 15) is 0 Å². The molecular weight excluding hydrogens is 218 g/mol. The van der Waals surface area contributed by atoms with E-state index < -0.39 is 0 Å². The van der Waals surface area contributed by atoms with Gasteiger partial charge in [0.25, 0.3) is 0 Å². The van der Waals surface area contributed by atoms with E-state index >= 15 is 0 Å². The van der Waals surface area contributed by atoms with E-state index in [1.807, 2.05) is 12.1 Å². The lowest BCUT2D eigenvalue weighted by Crippen LogP contribution is -1.88. The first-order valence-electron chi connectivity index (χ1n) is 6.18. The summed E-state index contributed by atoms with van der Waals surface area (Å²) >= 11 is 0. The molecule has 0 heterocycles. The van der Waals surface area contributed by atoms with Crippen LogP contribution in [0.2, 0.25) is 0 Å². The van der Waals surface area contributed by atoms with Crippen molar-refractivity contribution in [2.24, 2.45) is 0 Å². The topological polar surface area (TPSA) is 26.0 Å². The van der Waals surface area contributed by atoms with Gasteiger partial charge >= 0.3 is 0 Å². The third-order valence-corrected chi connectivity index (χ3v) is 3.39. The third kappa shape index (κ3) is 2.62. The monoisotopic (exact) mass is 237 g/mol. The van der Waals surface area contributed by atoms with Crippen molar-refractivity contribution in [3.05, 3.63) is 65.2 Å². The minimum Gasteiger partial charge on any atom is -0.399 e. The van der Waals surface area contributed by atoms with Gasteiger partial charge in [0, 0.05) is 5.69 Å². The van der Waals surface area contributed by atoms with Crippen molar-refractivity contribution in [2.45, 2.75) is 20.8 Å². The van der Waals surface area contributed by atoms with Crippen LogP contribution in [0.15, 0.2) is 48.5 Å². The Morgan fingerprint density at radius 1 is 0.722 bits per heavy atom. The first-order valence-corrected chi connectivity index (χ1v) is 6.18. The van der Waals surface area contributed by atoms with E-state index in [1.54, 1.807) is 0 Å². The molecule has 2 N–H and O–H groups in total. The molecule has 0 aromatic heterocycles. The highest BCUT2D eigenvalue weighted by Crippen LogP contribution is 2.26. The molecule has 0 atom stereocenters. The van der Waals surface area contributed by atoms with Crippen LogP contribution in [-0.4, -0.2) is 0 Å². The molecule has 0 radical (unpaired) electrons. The van der Waals surface area contributed by atoms with Crippen molar-refractivity contribution >= 4 is 16.8 Å². The minimum atomic E-state index is 0.805. The molecule has 0 aliphatic rings. The van der Waals surface area contributed by atoms with Crippen LogP contribution in [0.4, 0.5) is 5.69 Å². The van der Waals surface area contributed by atoms with Crippen LogP contribution < -0.4 is 5.73 Å². The normalized spacial score (nSPS) is 12.2. The standard InChI is InChI=1S/C17H19N/c1-12-4-6-15(7-5-12)13(2)14(3)16-8-10-17(18)11-9-16/h4-11H,18H2,1-3H3/b14-13+. The quantitative estimate of drug-likeness (QED) is 0.602. The predicted octanol–water partition coefficient (Wildman–Crippen LogP) is 4.53. The van der Waals surface area contributed by atoms with Gasteiger partial charge in [-0.3, -0.25) is 0 Å². The fraction of sp³-hybridized carbons (Fsp3) is 0.176. The zero-order valence-electron chi connectivity index (χ0n) is 11.2. The van der Waals surface area contributed by atoms with Crippen molar-refractivity contribution in [2.75, 3.05) is 5.73 Å². The lowest BCUT2D eigenvalue weighted by molar-refractivity contribution is 1.44. The van der Waals surface area contributed by atoms with E-state index in [1.165, 1.54) is 27.8 Å². The molecule has 0 aliphatic carbocycles. The largest absolute Gasteiger partial charge is 0.399 e. The summed E-state index contributed by atoms with van der Waals surface area (Å²) < 4.78 is 0. The smallest absolute Gasteiger partial charge is 0.0314 e. The van der Waals surface area contributed by atoms with Gasteiger partial charge in [-0.05, 0) is 55.2 Å². The van der Waals surface area contributed by atoms with Crippen molar-refractivity contribution < 1.29 is 0 Å². The molecule has 0 unspecified atom stereocenters. The molecular formula is C17H19N. The fourth-order valence-corrected chi connectivity index (χ4v) is 1.97. The third-order valence-electron chi connectivity index (χ3n) is 3.39. The summed E-state index contributed by atoms with van der Waals surface area (Å²) in [5, 5.41) is 0. The van der Waals surface area contributed by atoms with Crippen molar-refractivity contribution in [3.63, 3.8) is 0 Å². The number of rotatable bonds is 2. The molecule has 92 valence electrons. The molecule has 2 rings (SSSR count). The summed E-state index contributed by atoms with van der Waals surface area (Å²) in [6.07, 6.45) is 0. The van der Waals surface area contributed by atoms with Crippen LogP contribution in [0.3, 0.4) is 0 Å². The molecule has 0 amide bonds. The first kappa shape index (κ1) is 12.4. The Hall–Kier alpha value is -2.02. The number of hydrogen-bond acceptors (Lipinski definition) is 1. The second-order valence-corrected chi connectivity index (χ2v) is 4.74. The molecule has 0 aliphatic heterocycles. The average molecular weight is 237 g/mol. The summed E-state index contributed by atoms with van der Waals surface area (Å²) in [5.74, 6) is 0. The van der Waals surface area contributed by atoms with E-state index in [4.69, 9.17) is 5.73 Å². The van der Waals surface area contributed by atoms with Crippen LogP contribution in [0.25, 0.3) is 11.1 Å². The van der Waals surface area contributed by atoms with Crippen LogP contribution in [0.1, 0.15) is 30.5 Å². The number of nitrogens with two attached hydrogens (primary N) is 1. The molecule has 1 nitrogen and oxygen atoms in total. The van der Waals surface area contributed by atoms with Crippen molar-refractivity contribution in [1.82, 2.24) is 0 Å². The summed E-state index contributed by atoms with van der Waals surface area (Å²) in [6.45, 7) is 6.42. The van der Waals surface area contributed by atoms with E-state index in [2.05, 4.69) is 57.2 Å². The number of hydrogen-bond donors (Lipinski definition) is 1. The maximum Gasteiger partial charge on any atom is 0.0314 e. The van der Waals surface area contributed by atoms with Gasteiger partial charge in [0.15, 0.2) is 0 Å². The highest BCUT2D eigenvalue weighted by atomic mass is 14.5. The van der Waals surface area contributed by atoms with Crippen molar-refractivity contribution in [3.8, 4) is 0 Å². The van der Waals surface area contributed by atoms with Crippen LogP contribution in [0.5, 0.6) is 0 Å². The maximum atomic E-state index is 5.71. The summed E-state index contributed by atoms with van der Waals surface area (Å²) in [5.41, 5.74) is 12.9. The van der Waals surface area contributed by atoms with E-state index in [-0.39, 0.29) is 0 Å². The Labute approximate surface area is 109 Å². The van der Waals surface area contributed by atoms with Gasteiger partial charge in [-0.1, -0.05) is 42.0 Å². The Balaban J connectivity index is 2.40. The van der Waals surface area contributed by atoms with Gasteiger partial charge in [-0.2, -0.15) is 0 Å². The lowest BCUT2D eigenvalue weighted by Gasteiger charge is -2.09. The number of nitrogen functional groups attached to an aromatic ring is 1. The van der Waals surface area contributed by atoms with Gasteiger partial charge in [-0.15, -0.1) is 0 Å².